The maximum absolute atomic E-state index is 14.4. The average molecular weight is 418 g/mol. The normalized spacial score (nSPS) is 34.4. The molecule has 4 heteroatoms. The molecule has 1 unspecified atom stereocenters. The van der Waals surface area contributed by atoms with E-state index < -0.39 is 0 Å². The van der Waals surface area contributed by atoms with Gasteiger partial charge in [-0.15, -0.1) is 0 Å². The fourth-order valence-corrected chi connectivity index (χ4v) is 6.56. The summed E-state index contributed by atoms with van der Waals surface area (Å²) in [6.45, 7) is 4.28. The van der Waals surface area contributed by atoms with Gasteiger partial charge in [0.2, 0.25) is 5.91 Å². The number of hydrogen-bond donors (Lipinski definition) is 0. The molecule has 7 atom stereocenters. The number of para-hydroxylation sites is 2. The number of esters is 1. The highest BCUT2D eigenvalue weighted by Gasteiger charge is 2.58. The van der Waals surface area contributed by atoms with Crippen LogP contribution >= 0.6 is 0 Å². The van der Waals surface area contributed by atoms with Crippen molar-refractivity contribution in [2.45, 2.75) is 45.6 Å². The molecule has 5 rings (SSSR count). The maximum atomic E-state index is 14.4. The van der Waals surface area contributed by atoms with E-state index in [9.17, 15) is 9.59 Å². The Balaban J connectivity index is 1.58. The Morgan fingerprint density at radius 2 is 1.52 bits per heavy atom. The number of hydrogen-bond acceptors (Lipinski definition) is 3. The summed E-state index contributed by atoms with van der Waals surface area (Å²) in [5.74, 6) is 1.02. The predicted octanol–water partition coefficient (Wildman–Crippen LogP) is 5.60. The van der Waals surface area contributed by atoms with Gasteiger partial charge in [0.05, 0.1) is 5.92 Å². The number of nitrogens with zero attached hydrogens (tertiary/aromatic N) is 1. The summed E-state index contributed by atoms with van der Waals surface area (Å²) in [4.78, 5) is 29.0. The third kappa shape index (κ3) is 3.56. The highest BCUT2D eigenvalue weighted by molar-refractivity contribution is 6.02. The lowest BCUT2D eigenvalue weighted by Crippen LogP contribution is -2.51. The molecule has 4 nitrogen and oxygen atoms in total. The van der Waals surface area contributed by atoms with E-state index in [4.69, 9.17) is 4.74 Å². The minimum atomic E-state index is -0.208. The van der Waals surface area contributed by atoms with E-state index in [0.29, 0.717) is 17.8 Å². The number of fused-ring (bicyclic) bond motifs is 2. The molecule has 0 radical (unpaired) electrons. The summed E-state index contributed by atoms with van der Waals surface area (Å²) in [7, 11) is 0. The molecule has 1 saturated heterocycles. The molecular weight excluding hydrogens is 386 g/mol. The molecule has 31 heavy (non-hydrogen) atoms. The van der Waals surface area contributed by atoms with E-state index in [1.54, 1.807) is 0 Å². The molecule has 1 aliphatic heterocycles. The molecule has 0 spiro atoms. The zero-order valence-electron chi connectivity index (χ0n) is 18.3. The van der Waals surface area contributed by atoms with Crippen molar-refractivity contribution in [3.63, 3.8) is 0 Å². The van der Waals surface area contributed by atoms with E-state index in [1.165, 1.54) is 0 Å². The van der Waals surface area contributed by atoms with Crippen molar-refractivity contribution in [2.75, 3.05) is 4.90 Å². The average Bonchev–Trinajstić information content (AvgIpc) is 3.06. The first-order valence-corrected chi connectivity index (χ1v) is 11.7. The van der Waals surface area contributed by atoms with Crippen LogP contribution in [0, 0.1) is 35.5 Å². The van der Waals surface area contributed by atoms with Gasteiger partial charge in [0.25, 0.3) is 0 Å². The van der Waals surface area contributed by atoms with Gasteiger partial charge in [0, 0.05) is 23.2 Å². The molecule has 1 heterocycles. The Hall–Kier alpha value is -2.62. The van der Waals surface area contributed by atoms with Crippen LogP contribution in [0.25, 0.3) is 0 Å². The van der Waals surface area contributed by atoms with Gasteiger partial charge in [0.15, 0.2) is 0 Å². The van der Waals surface area contributed by atoms with Crippen molar-refractivity contribution in [1.29, 1.82) is 0 Å². The van der Waals surface area contributed by atoms with Gasteiger partial charge in [-0.1, -0.05) is 49.7 Å². The van der Waals surface area contributed by atoms with Crippen LogP contribution in [-0.4, -0.2) is 18.0 Å². The van der Waals surface area contributed by atoms with Crippen molar-refractivity contribution in [1.82, 2.24) is 0 Å². The smallest absolute Gasteiger partial charge is 0.309 e. The van der Waals surface area contributed by atoms with Gasteiger partial charge < -0.3 is 4.74 Å². The van der Waals surface area contributed by atoms with Crippen molar-refractivity contribution in [3.05, 3.63) is 60.7 Å². The SMILES string of the molecule is C[C@H]1CC[C@@H]2C(C1)C[C@H]1C(=O)O[C@H](C)[C@H]1[C@H]2C(=O)N(c1ccccc1)c1ccccc1. The third-order valence-corrected chi connectivity index (χ3v) is 7.88. The predicted molar refractivity (Wildman–Crippen MR) is 121 cm³/mol. The molecule has 0 N–H and O–H groups in total. The Bertz CT molecular complexity index is 904. The van der Waals surface area contributed by atoms with Crippen LogP contribution < -0.4 is 4.90 Å². The number of anilines is 2. The standard InChI is InChI=1S/C27H31NO3/c1-17-13-14-22-19(15-17)16-23-24(18(2)31-27(23)30)25(22)26(29)28(20-9-5-3-6-10-20)21-11-7-4-8-12-21/h3-12,17-19,22-25H,13-16H2,1-2H3/t17-,18+,19?,22+,23+,24+,25-/m0/s1. The quantitative estimate of drug-likeness (QED) is 0.611. The summed E-state index contributed by atoms with van der Waals surface area (Å²) in [6, 6.07) is 19.8. The van der Waals surface area contributed by atoms with E-state index in [2.05, 4.69) is 6.92 Å². The fourth-order valence-electron chi connectivity index (χ4n) is 6.56. The van der Waals surface area contributed by atoms with Gasteiger partial charge in [-0.05, 0) is 68.2 Å². The third-order valence-electron chi connectivity index (χ3n) is 7.88. The lowest BCUT2D eigenvalue weighted by molar-refractivity contribution is -0.144. The maximum Gasteiger partial charge on any atom is 0.309 e. The number of amides is 1. The summed E-state index contributed by atoms with van der Waals surface area (Å²) in [5, 5.41) is 0. The minimum Gasteiger partial charge on any atom is -0.462 e. The Morgan fingerprint density at radius 1 is 0.903 bits per heavy atom. The molecule has 1 amide bonds. The largest absolute Gasteiger partial charge is 0.462 e. The molecule has 0 aromatic heterocycles. The zero-order valence-corrected chi connectivity index (χ0v) is 18.3. The second kappa shape index (κ2) is 8.14. The lowest BCUT2D eigenvalue weighted by atomic mass is 9.56. The fraction of sp³-hybridized carbons (Fsp3) is 0.481. The van der Waals surface area contributed by atoms with Crippen molar-refractivity contribution in [2.24, 2.45) is 35.5 Å². The van der Waals surface area contributed by atoms with Crippen LogP contribution in [0.3, 0.4) is 0 Å². The molecule has 162 valence electrons. The molecular formula is C27H31NO3. The summed E-state index contributed by atoms with van der Waals surface area (Å²) >= 11 is 0. The number of rotatable bonds is 3. The number of ether oxygens (including phenoxy) is 1. The summed E-state index contributed by atoms with van der Waals surface area (Å²) in [5.41, 5.74) is 1.75. The first-order chi connectivity index (χ1) is 15.0. The van der Waals surface area contributed by atoms with Crippen LogP contribution in [0.4, 0.5) is 11.4 Å². The number of carbonyl (C=O) groups excluding carboxylic acids is 2. The van der Waals surface area contributed by atoms with E-state index >= 15 is 0 Å². The minimum absolute atomic E-state index is 0.0374. The molecule has 2 aromatic carbocycles. The highest BCUT2D eigenvalue weighted by Crippen LogP contribution is 2.54. The highest BCUT2D eigenvalue weighted by atomic mass is 16.6. The van der Waals surface area contributed by atoms with Crippen molar-refractivity contribution in [3.8, 4) is 0 Å². The Morgan fingerprint density at radius 3 is 2.13 bits per heavy atom. The van der Waals surface area contributed by atoms with Crippen LogP contribution in [0.2, 0.25) is 0 Å². The number of carbonyl (C=O) groups is 2. The van der Waals surface area contributed by atoms with Crippen LogP contribution in [-0.2, 0) is 14.3 Å². The molecule has 3 fully saturated rings. The molecule has 2 aromatic rings. The molecule has 2 saturated carbocycles. The number of cyclic esters (lactones) is 1. The van der Waals surface area contributed by atoms with Crippen LogP contribution in [0.1, 0.15) is 39.5 Å². The first-order valence-electron chi connectivity index (χ1n) is 11.7. The molecule has 0 bridgehead atoms. The van der Waals surface area contributed by atoms with E-state index in [-0.39, 0.29) is 35.7 Å². The molecule has 3 aliphatic rings. The van der Waals surface area contributed by atoms with Gasteiger partial charge in [-0.25, -0.2) is 0 Å². The Kier molecular flexibility index (Phi) is 5.33. The summed E-state index contributed by atoms with van der Waals surface area (Å²) in [6.07, 6.45) is 3.99. The second-order valence-electron chi connectivity index (χ2n) is 9.77. The van der Waals surface area contributed by atoms with Crippen LogP contribution in [0.15, 0.2) is 60.7 Å². The number of benzene rings is 2. The zero-order chi connectivity index (χ0) is 21.5. The second-order valence-corrected chi connectivity index (χ2v) is 9.77. The molecule has 2 aliphatic carbocycles. The van der Waals surface area contributed by atoms with E-state index in [1.807, 2.05) is 72.5 Å². The van der Waals surface area contributed by atoms with Gasteiger partial charge in [-0.2, -0.15) is 0 Å². The van der Waals surface area contributed by atoms with Gasteiger partial charge in [-0.3, -0.25) is 14.5 Å². The van der Waals surface area contributed by atoms with Gasteiger partial charge >= 0.3 is 5.97 Å². The van der Waals surface area contributed by atoms with Gasteiger partial charge in [0.1, 0.15) is 6.10 Å². The Labute approximate surface area is 184 Å². The van der Waals surface area contributed by atoms with Crippen molar-refractivity contribution >= 4 is 23.3 Å². The van der Waals surface area contributed by atoms with Crippen LogP contribution in [0.5, 0.6) is 0 Å². The van der Waals surface area contributed by atoms with E-state index in [0.717, 1.165) is 37.1 Å². The first kappa shape index (κ1) is 20.3. The van der Waals surface area contributed by atoms with Crippen molar-refractivity contribution < 1.29 is 14.3 Å². The summed E-state index contributed by atoms with van der Waals surface area (Å²) < 4.78 is 5.70. The topological polar surface area (TPSA) is 46.6 Å². The monoisotopic (exact) mass is 417 g/mol. The lowest BCUT2D eigenvalue weighted by Gasteiger charge is -2.48.